The number of carbonyl (C=O) groups is 1. The van der Waals surface area contributed by atoms with Crippen LogP contribution >= 0.6 is 11.6 Å². The van der Waals surface area contributed by atoms with Gasteiger partial charge in [0.1, 0.15) is 11.6 Å². The van der Waals surface area contributed by atoms with Crippen molar-refractivity contribution in [3.63, 3.8) is 0 Å². The lowest BCUT2D eigenvalue weighted by molar-refractivity contribution is -0.129. The number of ether oxygens (including phenoxy) is 1. The first-order valence-corrected chi connectivity index (χ1v) is 10.1. The zero-order chi connectivity index (χ0) is 19.5. The molecular weight excluding hydrogens is 385 g/mol. The van der Waals surface area contributed by atoms with Crippen LogP contribution in [0.5, 0.6) is 5.75 Å². The predicted molar refractivity (Wildman–Crippen MR) is 98.7 cm³/mol. The Morgan fingerprint density at radius 3 is 2.93 bits per heavy atom. The molecule has 28 heavy (non-hydrogen) atoms. The van der Waals surface area contributed by atoms with E-state index in [1.165, 1.54) is 18.2 Å². The zero-order valence-corrected chi connectivity index (χ0v) is 16.2. The minimum absolute atomic E-state index is 0.0212. The van der Waals surface area contributed by atoms with E-state index in [0.29, 0.717) is 17.8 Å². The number of aromatic nitrogens is 2. The molecule has 3 unspecified atom stereocenters. The maximum Gasteiger partial charge on any atom is 0.258 e. The van der Waals surface area contributed by atoms with Crippen molar-refractivity contribution in [1.82, 2.24) is 15.5 Å². The summed E-state index contributed by atoms with van der Waals surface area (Å²) in [4.78, 5) is 12.2. The molecule has 3 aliphatic rings. The smallest absolute Gasteiger partial charge is 0.258 e. The van der Waals surface area contributed by atoms with Gasteiger partial charge in [-0.25, -0.2) is 4.39 Å². The van der Waals surface area contributed by atoms with Crippen LogP contribution in [-0.4, -0.2) is 28.8 Å². The molecule has 0 aliphatic heterocycles. The van der Waals surface area contributed by atoms with Gasteiger partial charge in [-0.3, -0.25) is 4.79 Å². The second-order valence-corrected chi connectivity index (χ2v) is 8.72. The molecule has 0 saturated heterocycles. The first-order valence-electron chi connectivity index (χ1n) is 9.67. The summed E-state index contributed by atoms with van der Waals surface area (Å²) in [7, 11) is 0. The van der Waals surface area contributed by atoms with Crippen molar-refractivity contribution in [3.05, 3.63) is 40.8 Å². The number of nitrogens with one attached hydrogen (secondary N) is 1. The largest absolute Gasteiger partial charge is 0.484 e. The van der Waals surface area contributed by atoms with Gasteiger partial charge in [0.2, 0.25) is 11.8 Å². The summed E-state index contributed by atoms with van der Waals surface area (Å²) in [6.07, 6.45) is 3.98. The second-order valence-electron chi connectivity index (χ2n) is 8.31. The van der Waals surface area contributed by atoms with Gasteiger partial charge < -0.3 is 14.5 Å². The van der Waals surface area contributed by atoms with E-state index in [0.717, 1.165) is 37.5 Å². The minimum Gasteiger partial charge on any atom is -0.484 e. The van der Waals surface area contributed by atoms with Crippen molar-refractivity contribution < 1.29 is 18.3 Å². The Morgan fingerprint density at radius 2 is 2.29 bits per heavy atom. The van der Waals surface area contributed by atoms with Crippen LogP contribution in [0, 0.1) is 17.7 Å². The quantitative estimate of drug-likeness (QED) is 0.794. The number of fused-ring (bicyclic) bond motifs is 1. The maximum atomic E-state index is 13.4. The summed E-state index contributed by atoms with van der Waals surface area (Å²) in [5.41, 5.74) is -0.0680. The molecule has 1 amide bonds. The summed E-state index contributed by atoms with van der Waals surface area (Å²) in [6, 6.07) is 4.19. The summed E-state index contributed by atoms with van der Waals surface area (Å²) < 4.78 is 24.8. The van der Waals surface area contributed by atoms with Crippen LogP contribution in [0.1, 0.15) is 50.3 Å². The van der Waals surface area contributed by atoms with Crippen LogP contribution in [-0.2, 0) is 10.2 Å². The molecule has 5 rings (SSSR count). The summed E-state index contributed by atoms with van der Waals surface area (Å²) in [5.74, 6) is 2.35. The molecule has 0 bridgehead atoms. The van der Waals surface area contributed by atoms with Gasteiger partial charge in [0.15, 0.2) is 6.61 Å². The lowest BCUT2D eigenvalue weighted by atomic mass is 9.45. The molecule has 1 N–H and O–H groups in total. The number of hydrogen-bond donors (Lipinski definition) is 1. The lowest BCUT2D eigenvalue weighted by Gasteiger charge is -2.61. The number of halogens is 2. The SMILES string of the molecule is C[C@H]1C[C@@H]1c1nnc(C23CCC2C(NC(=O)COc2ccc(Cl)c(F)c2)C3)o1. The standard InChI is InChI=1S/C20H21ClFN3O3/c1-10-6-12(10)18-24-25-19(28-18)20-5-4-13(20)16(8-20)23-17(26)9-27-11-2-3-14(21)15(22)7-11/h2-3,7,10,12-13,16H,4-6,8-9H2,1H3,(H,23,26)/t10-,12-,13?,16?,20?/m0/s1. The van der Waals surface area contributed by atoms with Gasteiger partial charge in [0.25, 0.3) is 5.91 Å². The highest BCUT2D eigenvalue weighted by molar-refractivity contribution is 6.30. The van der Waals surface area contributed by atoms with Gasteiger partial charge in [0.05, 0.1) is 10.4 Å². The first-order chi connectivity index (χ1) is 13.5. The molecule has 3 aliphatic carbocycles. The van der Waals surface area contributed by atoms with Crippen LogP contribution in [0.3, 0.4) is 0 Å². The van der Waals surface area contributed by atoms with E-state index < -0.39 is 5.82 Å². The van der Waals surface area contributed by atoms with Gasteiger partial charge in [-0.1, -0.05) is 18.5 Å². The van der Waals surface area contributed by atoms with E-state index >= 15 is 0 Å². The normalized spacial score (nSPS) is 32.7. The van der Waals surface area contributed by atoms with Crippen LogP contribution in [0.4, 0.5) is 4.39 Å². The number of carbonyl (C=O) groups excluding carboxylic acids is 1. The minimum atomic E-state index is -0.572. The average Bonchev–Trinajstić information content (AvgIpc) is 3.18. The van der Waals surface area contributed by atoms with Gasteiger partial charge in [-0.2, -0.15) is 0 Å². The number of nitrogens with zero attached hydrogens (tertiary/aromatic N) is 2. The van der Waals surface area contributed by atoms with E-state index in [1.54, 1.807) is 0 Å². The maximum absolute atomic E-state index is 13.4. The Bertz CT molecular complexity index is 935. The van der Waals surface area contributed by atoms with Crippen LogP contribution in [0.15, 0.2) is 22.6 Å². The fraction of sp³-hybridized carbons (Fsp3) is 0.550. The second kappa shape index (κ2) is 6.44. The highest BCUT2D eigenvalue weighted by Crippen LogP contribution is 2.62. The molecule has 0 radical (unpaired) electrons. The van der Waals surface area contributed by atoms with Crippen molar-refractivity contribution in [2.45, 2.75) is 50.0 Å². The highest BCUT2D eigenvalue weighted by Gasteiger charge is 2.64. The van der Waals surface area contributed by atoms with Crippen LogP contribution in [0.2, 0.25) is 5.02 Å². The number of hydrogen-bond acceptors (Lipinski definition) is 5. The van der Waals surface area contributed by atoms with Crippen molar-refractivity contribution in [3.8, 4) is 5.75 Å². The van der Waals surface area contributed by atoms with Gasteiger partial charge in [0, 0.05) is 18.0 Å². The number of rotatable bonds is 6. The third-order valence-electron chi connectivity index (χ3n) is 6.58. The Labute approximate surface area is 166 Å². The zero-order valence-electron chi connectivity index (χ0n) is 15.5. The Hall–Kier alpha value is -2.15. The first kappa shape index (κ1) is 17.9. The molecule has 3 fully saturated rings. The van der Waals surface area contributed by atoms with E-state index in [1.807, 2.05) is 0 Å². The molecule has 2 aromatic rings. The van der Waals surface area contributed by atoms with Crippen LogP contribution in [0.25, 0.3) is 0 Å². The molecule has 8 heteroatoms. The van der Waals surface area contributed by atoms with Crippen molar-refractivity contribution in [1.29, 1.82) is 0 Å². The summed E-state index contributed by atoms with van der Waals surface area (Å²) in [6.45, 7) is 2.02. The summed E-state index contributed by atoms with van der Waals surface area (Å²) >= 11 is 5.64. The fourth-order valence-corrected chi connectivity index (χ4v) is 4.71. The third-order valence-corrected chi connectivity index (χ3v) is 6.89. The van der Waals surface area contributed by atoms with Crippen LogP contribution < -0.4 is 10.1 Å². The molecule has 148 valence electrons. The lowest BCUT2D eigenvalue weighted by Crippen LogP contribution is -2.67. The molecule has 3 saturated carbocycles. The molecule has 1 aromatic carbocycles. The molecule has 5 atom stereocenters. The molecular formula is C20H21ClFN3O3. The number of amides is 1. The van der Waals surface area contributed by atoms with E-state index in [2.05, 4.69) is 22.4 Å². The Kier molecular flexibility index (Phi) is 4.12. The van der Waals surface area contributed by atoms with E-state index in [4.69, 9.17) is 20.8 Å². The van der Waals surface area contributed by atoms with E-state index in [9.17, 15) is 9.18 Å². The predicted octanol–water partition coefficient (Wildman–Crippen LogP) is 3.60. The number of benzene rings is 1. The highest BCUT2D eigenvalue weighted by atomic mass is 35.5. The monoisotopic (exact) mass is 405 g/mol. The summed E-state index contributed by atoms with van der Waals surface area (Å²) in [5, 5.41) is 11.6. The van der Waals surface area contributed by atoms with Crippen molar-refractivity contribution in [2.24, 2.45) is 11.8 Å². The third kappa shape index (κ3) is 2.87. The molecule has 1 aromatic heterocycles. The van der Waals surface area contributed by atoms with Gasteiger partial charge >= 0.3 is 0 Å². The van der Waals surface area contributed by atoms with Crippen molar-refractivity contribution in [2.75, 3.05) is 6.61 Å². The Morgan fingerprint density at radius 1 is 1.46 bits per heavy atom. The average molecular weight is 406 g/mol. The van der Waals surface area contributed by atoms with E-state index in [-0.39, 0.29) is 34.7 Å². The molecule has 6 nitrogen and oxygen atoms in total. The van der Waals surface area contributed by atoms with Gasteiger partial charge in [-0.15, -0.1) is 10.2 Å². The molecule has 0 spiro atoms. The fourth-order valence-electron chi connectivity index (χ4n) is 4.59. The van der Waals surface area contributed by atoms with Gasteiger partial charge in [-0.05, 0) is 49.7 Å². The topological polar surface area (TPSA) is 77.2 Å². The van der Waals surface area contributed by atoms with Crippen molar-refractivity contribution >= 4 is 17.5 Å². The Balaban J connectivity index is 1.15. The molecule has 1 heterocycles.